The second-order valence-corrected chi connectivity index (χ2v) is 8.17. The number of ether oxygens (including phenoxy) is 2. The van der Waals surface area contributed by atoms with E-state index in [-0.39, 0.29) is 0 Å². The molecule has 0 saturated carbocycles. The third-order valence-corrected chi connectivity index (χ3v) is 5.75. The van der Waals surface area contributed by atoms with Gasteiger partial charge in [-0.05, 0) is 36.4 Å². The van der Waals surface area contributed by atoms with E-state index in [1.165, 1.54) is 0 Å². The van der Waals surface area contributed by atoms with E-state index in [9.17, 15) is 0 Å². The molecule has 0 aliphatic rings. The van der Waals surface area contributed by atoms with Gasteiger partial charge >= 0.3 is 0 Å². The first-order valence-electron chi connectivity index (χ1n) is 11.5. The Kier molecular flexibility index (Phi) is 6.57. The van der Waals surface area contributed by atoms with Crippen LogP contribution in [0, 0.1) is 0 Å². The first-order chi connectivity index (χ1) is 17.6. The van der Waals surface area contributed by atoms with Crippen LogP contribution in [0.2, 0.25) is 0 Å². The average molecular weight is 479 g/mol. The number of nitrogens with zero attached hydrogens (tertiary/aromatic N) is 6. The largest absolute Gasteiger partial charge is 0.497 e. The molecule has 0 aliphatic heterocycles. The smallest absolute Gasteiger partial charge is 0.124 e. The molecule has 0 unspecified atom stereocenters. The summed E-state index contributed by atoms with van der Waals surface area (Å²) in [5.41, 5.74) is 6.09. The molecule has 2 aromatic carbocycles. The average Bonchev–Trinajstić information content (AvgIpc) is 3.37. The summed E-state index contributed by atoms with van der Waals surface area (Å²) in [7, 11) is 5.18. The van der Waals surface area contributed by atoms with E-state index in [1.54, 1.807) is 37.5 Å². The van der Waals surface area contributed by atoms with Crippen LogP contribution >= 0.6 is 0 Å². The molecule has 0 aliphatic carbocycles. The molecule has 0 bridgehead atoms. The fourth-order valence-corrected chi connectivity index (χ4v) is 3.92. The maximum absolute atomic E-state index is 5.53. The van der Waals surface area contributed by atoms with Crippen molar-refractivity contribution in [3.8, 4) is 22.8 Å². The molecule has 180 valence electrons. The Morgan fingerprint density at radius 1 is 0.889 bits per heavy atom. The lowest BCUT2D eigenvalue weighted by molar-refractivity contribution is 0.394. The topological polar surface area (TPSA) is 78.2 Å². The Hall–Kier alpha value is -4.72. The highest BCUT2D eigenvalue weighted by molar-refractivity contribution is 5.83. The molecule has 0 amide bonds. The number of aromatic nitrogens is 5. The van der Waals surface area contributed by atoms with Gasteiger partial charge in [-0.2, -0.15) is 5.10 Å². The summed E-state index contributed by atoms with van der Waals surface area (Å²) in [5.74, 6) is 1.42. The van der Waals surface area contributed by atoms with Crippen LogP contribution in [-0.2, 0) is 7.05 Å². The Balaban J connectivity index is 1.56. The third-order valence-electron chi connectivity index (χ3n) is 5.75. The quantitative estimate of drug-likeness (QED) is 0.300. The molecule has 0 atom stereocenters. The lowest BCUT2D eigenvalue weighted by Crippen LogP contribution is -2.17. The van der Waals surface area contributed by atoms with Crippen LogP contribution in [0.3, 0.4) is 0 Å². The molecular weight excluding hydrogens is 452 g/mol. The molecule has 3 heterocycles. The minimum Gasteiger partial charge on any atom is -0.497 e. The predicted octanol–water partition coefficient (Wildman–Crippen LogP) is 5.29. The first-order valence-corrected chi connectivity index (χ1v) is 11.5. The maximum Gasteiger partial charge on any atom is 0.124 e. The summed E-state index contributed by atoms with van der Waals surface area (Å²) in [6.07, 6.45) is 11.4. The molecule has 5 aromatic rings. The standard InChI is InChI=1S/C28H26N6O2/c1-33-19-20(17-31-33)28-18-30-26-10-9-22(15-27(26)32-28)34(12-6-8-21-7-4-5-11-29-21)23-13-24(35-2)16-25(14-23)36-3/h4-11,13-19H,12H2,1-3H3/b8-6-. The van der Waals surface area contributed by atoms with Gasteiger partial charge in [-0.15, -0.1) is 0 Å². The fraction of sp³-hybridized carbons (Fsp3) is 0.143. The van der Waals surface area contributed by atoms with Crippen molar-refractivity contribution in [1.82, 2.24) is 24.7 Å². The lowest BCUT2D eigenvalue weighted by Gasteiger charge is -2.25. The van der Waals surface area contributed by atoms with Crippen molar-refractivity contribution in [2.24, 2.45) is 7.05 Å². The zero-order valence-electron chi connectivity index (χ0n) is 20.4. The van der Waals surface area contributed by atoms with E-state index in [0.717, 1.165) is 39.4 Å². The van der Waals surface area contributed by atoms with Crippen LogP contribution in [0.15, 0.2) is 85.5 Å². The monoisotopic (exact) mass is 478 g/mol. The molecule has 8 nitrogen and oxygen atoms in total. The normalized spacial score (nSPS) is 11.2. The van der Waals surface area contributed by atoms with Crippen molar-refractivity contribution in [3.05, 3.63) is 91.2 Å². The van der Waals surface area contributed by atoms with E-state index in [2.05, 4.69) is 26.0 Å². The second-order valence-electron chi connectivity index (χ2n) is 8.17. The van der Waals surface area contributed by atoms with Crippen LogP contribution in [0.5, 0.6) is 11.5 Å². The highest BCUT2D eigenvalue weighted by Crippen LogP contribution is 2.34. The van der Waals surface area contributed by atoms with E-state index >= 15 is 0 Å². The van der Waals surface area contributed by atoms with E-state index < -0.39 is 0 Å². The van der Waals surface area contributed by atoms with Gasteiger partial charge in [-0.3, -0.25) is 14.6 Å². The molecule has 0 fully saturated rings. The number of hydrogen-bond acceptors (Lipinski definition) is 7. The minimum absolute atomic E-state index is 0.591. The van der Waals surface area contributed by atoms with Gasteiger partial charge in [-0.25, -0.2) is 4.98 Å². The van der Waals surface area contributed by atoms with Gasteiger partial charge < -0.3 is 14.4 Å². The SMILES string of the molecule is COc1cc(OC)cc(N(C/C=C\c2ccccn2)c2ccc3ncc(-c4cnn(C)c4)nc3c2)c1. The Bertz CT molecular complexity index is 1490. The molecule has 0 radical (unpaired) electrons. The molecule has 0 N–H and O–H groups in total. The van der Waals surface area contributed by atoms with Crippen molar-refractivity contribution in [2.45, 2.75) is 0 Å². The number of anilines is 2. The number of benzene rings is 2. The summed E-state index contributed by atoms with van der Waals surface area (Å²) in [5, 5.41) is 4.25. The molecular formula is C28H26N6O2. The first kappa shape index (κ1) is 23.0. The zero-order chi connectivity index (χ0) is 24.9. The van der Waals surface area contributed by atoms with Crippen LogP contribution in [0.1, 0.15) is 5.69 Å². The second kappa shape index (κ2) is 10.3. The van der Waals surface area contributed by atoms with Crippen molar-refractivity contribution in [2.75, 3.05) is 25.7 Å². The zero-order valence-corrected chi connectivity index (χ0v) is 20.4. The van der Waals surface area contributed by atoms with Crippen molar-refractivity contribution < 1.29 is 9.47 Å². The van der Waals surface area contributed by atoms with Crippen molar-refractivity contribution in [1.29, 1.82) is 0 Å². The van der Waals surface area contributed by atoms with Crippen molar-refractivity contribution in [3.63, 3.8) is 0 Å². The predicted molar refractivity (Wildman–Crippen MR) is 142 cm³/mol. The minimum atomic E-state index is 0.591. The summed E-state index contributed by atoms with van der Waals surface area (Å²) < 4.78 is 12.8. The lowest BCUT2D eigenvalue weighted by atomic mass is 10.2. The Morgan fingerprint density at radius 3 is 2.42 bits per heavy atom. The van der Waals surface area contributed by atoms with Crippen LogP contribution in [0.25, 0.3) is 28.4 Å². The van der Waals surface area contributed by atoms with Gasteiger partial charge in [0.25, 0.3) is 0 Å². The van der Waals surface area contributed by atoms with Crippen LogP contribution < -0.4 is 14.4 Å². The van der Waals surface area contributed by atoms with E-state index in [4.69, 9.17) is 14.5 Å². The van der Waals surface area contributed by atoms with Gasteiger partial charge in [0, 0.05) is 61.1 Å². The summed E-state index contributed by atoms with van der Waals surface area (Å²) in [6.45, 7) is 0.591. The molecule has 0 saturated heterocycles. The van der Waals surface area contributed by atoms with Gasteiger partial charge in [-0.1, -0.05) is 12.1 Å². The third kappa shape index (κ3) is 5.02. The van der Waals surface area contributed by atoms with Crippen LogP contribution in [0.4, 0.5) is 11.4 Å². The number of fused-ring (bicyclic) bond motifs is 1. The number of methoxy groups -OCH3 is 2. The summed E-state index contributed by atoms with van der Waals surface area (Å²) >= 11 is 0. The van der Waals surface area contributed by atoms with E-state index in [0.29, 0.717) is 18.0 Å². The number of hydrogen-bond donors (Lipinski definition) is 0. The Morgan fingerprint density at radius 2 is 1.72 bits per heavy atom. The highest BCUT2D eigenvalue weighted by atomic mass is 16.5. The number of aryl methyl sites for hydroxylation is 1. The number of rotatable bonds is 8. The number of pyridine rings is 1. The maximum atomic E-state index is 5.53. The molecule has 5 rings (SSSR count). The molecule has 3 aromatic heterocycles. The fourth-order valence-electron chi connectivity index (χ4n) is 3.92. The van der Waals surface area contributed by atoms with Gasteiger partial charge in [0.1, 0.15) is 11.5 Å². The van der Waals surface area contributed by atoms with E-state index in [1.807, 2.05) is 73.9 Å². The van der Waals surface area contributed by atoms with Gasteiger partial charge in [0.05, 0.1) is 49.0 Å². The van der Waals surface area contributed by atoms with Gasteiger partial charge in [0.15, 0.2) is 0 Å². The Labute approximate surface area is 209 Å². The summed E-state index contributed by atoms with van der Waals surface area (Å²) in [6, 6.07) is 17.7. The van der Waals surface area contributed by atoms with Gasteiger partial charge in [0.2, 0.25) is 0 Å². The van der Waals surface area contributed by atoms with Crippen LogP contribution in [-0.4, -0.2) is 45.5 Å². The molecule has 36 heavy (non-hydrogen) atoms. The molecule has 8 heteroatoms. The molecule has 0 spiro atoms. The highest BCUT2D eigenvalue weighted by Gasteiger charge is 2.14. The van der Waals surface area contributed by atoms with Crippen molar-refractivity contribution >= 4 is 28.5 Å². The summed E-state index contributed by atoms with van der Waals surface area (Å²) in [4.78, 5) is 16.0.